The van der Waals surface area contributed by atoms with Gasteiger partial charge in [0, 0.05) is 21.6 Å². The van der Waals surface area contributed by atoms with Crippen molar-refractivity contribution in [2.24, 2.45) is 0 Å². The predicted octanol–water partition coefficient (Wildman–Crippen LogP) is 4.93. The zero-order valence-corrected chi connectivity index (χ0v) is 14.7. The Bertz CT molecular complexity index is 995. The van der Waals surface area contributed by atoms with Crippen molar-refractivity contribution in [2.45, 2.75) is 6.18 Å². The van der Waals surface area contributed by atoms with Gasteiger partial charge >= 0.3 is 6.18 Å². The van der Waals surface area contributed by atoms with Gasteiger partial charge in [0.05, 0.1) is 5.52 Å². The molecule has 0 radical (unpaired) electrons. The minimum Gasteiger partial charge on any atom is -0.486 e. The van der Waals surface area contributed by atoms with Gasteiger partial charge in [-0.1, -0.05) is 15.9 Å². The number of fused-ring (bicyclic) bond motifs is 2. The summed E-state index contributed by atoms with van der Waals surface area (Å²) in [6.07, 6.45) is -4.65. The van der Waals surface area contributed by atoms with Crippen LogP contribution in [0.2, 0.25) is 0 Å². The van der Waals surface area contributed by atoms with Crippen molar-refractivity contribution in [1.82, 2.24) is 9.97 Å². The van der Waals surface area contributed by atoms with Crippen LogP contribution in [0, 0.1) is 0 Å². The van der Waals surface area contributed by atoms with Crippen molar-refractivity contribution < 1.29 is 22.6 Å². The Morgan fingerprint density at radius 3 is 2.50 bits per heavy atom. The number of anilines is 2. The maximum atomic E-state index is 13.1. The van der Waals surface area contributed by atoms with E-state index in [1.165, 1.54) is 6.07 Å². The second-order valence-electron chi connectivity index (χ2n) is 5.54. The molecule has 1 aromatic heterocycles. The Morgan fingerprint density at radius 2 is 1.73 bits per heavy atom. The normalized spacial score (nSPS) is 13.7. The zero-order valence-electron chi connectivity index (χ0n) is 13.1. The maximum Gasteiger partial charge on any atom is 0.451 e. The zero-order chi connectivity index (χ0) is 18.3. The second kappa shape index (κ2) is 6.31. The number of nitrogens with one attached hydrogen (secondary N) is 1. The number of ether oxygens (including phenoxy) is 2. The molecule has 5 nitrogen and oxygen atoms in total. The lowest BCUT2D eigenvalue weighted by atomic mass is 10.2. The van der Waals surface area contributed by atoms with E-state index in [0.717, 1.165) is 0 Å². The third-order valence-electron chi connectivity index (χ3n) is 3.72. The molecule has 0 atom stereocenters. The third-order valence-corrected chi connectivity index (χ3v) is 4.21. The van der Waals surface area contributed by atoms with E-state index in [1.54, 1.807) is 30.3 Å². The molecular formula is C17H11BrF3N3O2. The smallest absolute Gasteiger partial charge is 0.451 e. The molecule has 2 aromatic carbocycles. The first-order valence-electron chi connectivity index (χ1n) is 7.61. The minimum absolute atomic E-state index is 0.0558. The summed E-state index contributed by atoms with van der Waals surface area (Å²) in [5.74, 6) is -0.0300. The lowest BCUT2D eigenvalue weighted by molar-refractivity contribution is -0.144. The van der Waals surface area contributed by atoms with Crippen LogP contribution in [0.15, 0.2) is 40.9 Å². The molecule has 134 valence electrons. The molecule has 0 saturated carbocycles. The molecule has 0 fully saturated rings. The van der Waals surface area contributed by atoms with E-state index in [9.17, 15) is 13.2 Å². The fourth-order valence-corrected chi connectivity index (χ4v) is 2.94. The van der Waals surface area contributed by atoms with Gasteiger partial charge in [0.25, 0.3) is 0 Å². The van der Waals surface area contributed by atoms with Gasteiger partial charge in [-0.3, -0.25) is 0 Å². The predicted molar refractivity (Wildman–Crippen MR) is 93.0 cm³/mol. The number of alkyl halides is 3. The third kappa shape index (κ3) is 3.26. The van der Waals surface area contributed by atoms with Crippen molar-refractivity contribution in [2.75, 3.05) is 18.5 Å². The molecule has 4 rings (SSSR count). The second-order valence-corrected chi connectivity index (χ2v) is 6.45. The van der Waals surface area contributed by atoms with Gasteiger partial charge in [0.1, 0.15) is 19.0 Å². The average Bonchev–Trinajstić information content (AvgIpc) is 2.61. The summed E-state index contributed by atoms with van der Waals surface area (Å²) in [4.78, 5) is 7.30. The van der Waals surface area contributed by atoms with Crippen LogP contribution in [-0.2, 0) is 6.18 Å². The molecule has 0 saturated heterocycles. The number of halogens is 4. The first kappa shape index (κ1) is 16.9. The highest BCUT2D eigenvalue weighted by Gasteiger charge is 2.35. The SMILES string of the molecule is FC(F)(F)c1nc(Nc2ccc3c(c2)OCCO3)c2cc(Br)ccc2n1. The molecule has 1 aliphatic heterocycles. The molecule has 3 aromatic rings. The number of hydrogen-bond donors (Lipinski definition) is 1. The fourth-order valence-electron chi connectivity index (χ4n) is 2.58. The molecule has 0 amide bonds. The first-order chi connectivity index (χ1) is 12.4. The van der Waals surface area contributed by atoms with Crippen molar-refractivity contribution >= 4 is 38.3 Å². The van der Waals surface area contributed by atoms with E-state index < -0.39 is 12.0 Å². The highest BCUT2D eigenvalue weighted by Crippen LogP contribution is 2.36. The van der Waals surface area contributed by atoms with Crippen LogP contribution in [0.4, 0.5) is 24.7 Å². The highest BCUT2D eigenvalue weighted by molar-refractivity contribution is 9.10. The number of aromatic nitrogens is 2. The minimum atomic E-state index is -4.65. The Hall–Kier alpha value is -2.55. The largest absolute Gasteiger partial charge is 0.486 e. The van der Waals surface area contributed by atoms with Gasteiger partial charge in [-0.25, -0.2) is 9.97 Å². The number of rotatable bonds is 2. The number of nitrogens with zero attached hydrogens (tertiary/aromatic N) is 2. The van der Waals surface area contributed by atoms with Crippen molar-refractivity contribution in [1.29, 1.82) is 0 Å². The van der Waals surface area contributed by atoms with Crippen LogP contribution < -0.4 is 14.8 Å². The van der Waals surface area contributed by atoms with E-state index in [0.29, 0.717) is 40.3 Å². The quantitative estimate of drug-likeness (QED) is 0.630. The van der Waals surface area contributed by atoms with Crippen LogP contribution in [0.1, 0.15) is 5.82 Å². The van der Waals surface area contributed by atoms with Crippen molar-refractivity contribution in [3.8, 4) is 11.5 Å². The van der Waals surface area contributed by atoms with Crippen LogP contribution in [-0.4, -0.2) is 23.2 Å². The summed E-state index contributed by atoms with van der Waals surface area (Å²) in [5.41, 5.74) is 0.720. The molecule has 26 heavy (non-hydrogen) atoms. The Balaban J connectivity index is 1.80. The number of hydrogen-bond acceptors (Lipinski definition) is 5. The maximum absolute atomic E-state index is 13.1. The van der Waals surface area contributed by atoms with Gasteiger partial charge in [-0.2, -0.15) is 13.2 Å². The van der Waals surface area contributed by atoms with Gasteiger partial charge < -0.3 is 14.8 Å². The molecule has 0 bridgehead atoms. The lowest BCUT2D eigenvalue weighted by Gasteiger charge is -2.19. The summed E-state index contributed by atoms with van der Waals surface area (Å²) in [6, 6.07) is 9.84. The van der Waals surface area contributed by atoms with E-state index in [4.69, 9.17) is 9.47 Å². The monoisotopic (exact) mass is 425 g/mol. The molecule has 1 aliphatic rings. The number of benzene rings is 2. The summed E-state index contributed by atoms with van der Waals surface area (Å²) in [6.45, 7) is 0.872. The summed E-state index contributed by atoms with van der Waals surface area (Å²) >= 11 is 3.32. The molecule has 0 aliphatic carbocycles. The summed E-state index contributed by atoms with van der Waals surface area (Å²) in [7, 11) is 0. The topological polar surface area (TPSA) is 56.3 Å². The Kier molecular flexibility index (Phi) is 4.10. The molecule has 2 heterocycles. The van der Waals surface area contributed by atoms with E-state index in [-0.39, 0.29) is 11.3 Å². The summed E-state index contributed by atoms with van der Waals surface area (Å²) < 4.78 is 51.1. The fraction of sp³-hybridized carbons (Fsp3) is 0.176. The Labute approximate surface area is 154 Å². The first-order valence-corrected chi connectivity index (χ1v) is 8.41. The highest BCUT2D eigenvalue weighted by atomic mass is 79.9. The molecule has 0 spiro atoms. The molecular weight excluding hydrogens is 415 g/mol. The molecule has 1 N–H and O–H groups in total. The van der Waals surface area contributed by atoms with Gasteiger partial charge in [0.2, 0.25) is 5.82 Å². The van der Waals surface area contributed by atoms with Gasteiger partial charge in [0.15, 0.2) is 11.5 Å². The molecule has 9 heteroatoms. The van der Waals surface area contributed by atoms with Crippen LogP contribution in [0.5, 0.6) is 11.5 Å². The van der Waals surface area contributed by atoms with Gasteiger partial charge in [-0.05, 0) is 30.3 Å². The van der Waals surface area contributed by atoms with Gasteiger partial charge in [-0.15, -0.1) is 0 Å². The van der Waals surface area contributed by atoms with Crippen molar-refractivity contribution in [3.05, 3.63) is 46.7 Å². The van der Waals surface area contributed by atoms with E-state index >= 15 is 0 Å². The van der Waals surface area contributed by atoms with Crippen LogP contribution >= 0.6 is 15.9 Å². The standard InChI is InChI=1S/C17H11BrF3N3O2/c18-9-1-3-12-11(7-9)15(24-16(23-12)17(19,20)21)22-10-2-4-13-14(8-10)26-6-5-25-13/h1-4,7-8H,5-6H2,(H,22,23,24). The molecule has 0 unspecified atom stereocenters. The summed E-state index contributed by atoms with van der Waals surface area (Å²) in [5, 5.41) is 3.39. The van der Waals surface area contributed by atoms with E-state index in [2.05, 4.69) is 31.2 Å². The average molecular weight is 426 g/mol. The van der Waals surface area contributed by atoms with Crippen LogP contribution in [0.3, 0.4) is 0 Å². The van der Waals surface area contributed by atoms with E-state index in [1.807, 2.05) is 0 Å². The van der Waals surface area contributed by atoms with Crippen LogP contribution in [0.25, 0.3) is 10.9 Å². The lowest BCUT2D eigenvalue weighted by Crippen LogP contribution is -2.15. The Morgan fingerprint density at radius 1 is 0.962 bits per heavy atom. The van der Waals surface area contributed by atoms with Crippen molar-refractivity contribution in [3.63, 3.8) is 0 Å².